The molecule has 0 fully saturated rings. The van der Waals surface area contributed by atoms with E-state index in [9.17, 15) is 15.3 Å². The first-order valence-corrected chi connectivity index (χ1v) is 43.2. The quantitative estimate of drug-likeness (QED) is 0.0714. The third-order valence-corrected chi connectivity index (χ3v) is 24.0. The summed E-state index contributed by atoms with van der Waals surface area (Å²) < 4.78 is 21.8. The van der Waals surface area contributed by atoms with Crippen LogP contribution in [0.3, 0.4) is 0 Å². The minimum absolute atomic E-state index is 0.146. The molecule has 3 N–H and O–H groups in total. The maximum atomic E-state index is 11.6. The average molecular weight is 1680 g/mol. The number of aryl methyl sites for hydroxylation is 1. The van der Waals surface area contributed by atoms with Gasteiger partial charge in [-0.1, -0.05) is 309 Å². The Morgan fingerprint density at radius 3 is 0.869 bits per heavy atom. The van der Waals surface area contributed by atoms with Gasteiger partial charge in [-0.25, -0.2) is 19.9 Å². The fourth-order valence-electron chi connectivity index (χ4n) is 17.9. The fraction of sp³-hybridized carbons (Fsp3) is 0.00855. The number of hydrogen-bond donors (Lipinski definition) is 3. The van der Waals surface area contributed by atoms with Crippen molar-refractivity contribution in [2.75, 3.05) is 0 Å². The summed E-state index contributed by atoms with van der Waals surface area (Å²) in [6.07, 6.45) is 0. The number of para-hydroxylation sites is 2. The SMILES string of the molecule is Cc1cc2ccccc2cc1-c1nc(-c2ccccc2)c(-c2ccccc2)n1-c1ccc(Oc2ccc(-n3c(-c4ccccc4O)nc(-c4ccccc4)c3-c3ccccc3)cc2)cc1.Oc1ccccc1-c1nc(-c2ccccc2)c(-c2ccccc2)n1-c1ccc(Oc2ccc(-n3c(-c4cc5ccccc5cc4O)nc4c5ccccc5c5ccccc5c43)cc2)cc1. The van der Waals surface area contributed by atoms with Gasteiger partial charge in [0.1, 0.15) is 63.5 Å². The Morgan fingerprint density at radius 2 is 0.492 bits per heavy atom. The standard InChI is InChI=1S/C59H42N4O2.C58H38N4O3/c1-40-38-45-26-14-15-27-46(45)39-52(40)59-61-55(42-20-8-3-9-21-42)57(44-24-12-5-13-25-44)63(59)48-32-36-50(37-33-48)65-49-34-30-47(31-35-49)62-56(43-22-10-4-11-23-43)54(41-18-6-2-7-19-41)60-58(62)51-28-16-17-29-53(51)64;63-51-26-14-13-25-49(51)57-59-53(37-15-3-1-4-16-37)55(38-17-5-2-6-18-38)61(57)41-27-31-43(32-28-41)65-44-33-29-42(30-34-44)62-56-48-24-12-10-22-46(48)45-21-9-11-23-47(45)54(56)60-58(62)50-35-39-19-7-8-20-40(39)36-52(50)64/h2-39,64H,1H3;1-36,63-64H. The molecule has 0 aliphatic heterocycles. The molecule has 0 spiro atoms. The van der Waals surface area contributed by atoms with Crippen molar-refractivity contribution in [1.29, 1.82) is 0 Å². The van der Waals surface area contributed by atoms with E-state index in [0.717, 1.165) is 156 Å². The number of rotatable bonds is 18. The van der Waals surface area contributed by atoms with E-state index in [1.165, 1.54) is 5.39 Å². The minimum atomic E-state index is 0.146. The van der Waals surface area contributed by atoms with Crippen molar-refractivity contribution >= 4 is 54.1 Å². The lowest BCUT2D eigenvalue weighted by atomic mass is 10.00. The Kier molecular flexibility index (Phi) is 20.3. The zero-order chi connectivity index (χ0) is 87.1. The normalized spacial score (nSPS) is 11.4. The number of phenols is 3. The highest BCUT2D eigenvalue weighted by Gasteiger charge is 2.30. The summed E-state index contributed by atoms with van der Waals surface area (Å²) in [5.74, 6) is 5.91. The van der Waals surface area contributed by atoms with Crippen LogP contribution < -0.4 is 9.47 Å². The lowest BCUT2D eigenvalue weighted by Crippen LogP contribution is -2.02. The van der Waals surface area contributed by atoms with Gasteiger partial charge >= 0.3 is 0 Å². The highest BCUT2D eigenvalue weighted by Crippen LogP contribution is 2.48. The van der Waals surface area contributed by atoms with Crippen LogP contribution in [-0.2, 0) is 0 Å². The molecule has 4 heterocycles. The van der Waals surface area contributed by atoms with Crippen molar-refractivity contribution in [2.24, 2.45) is 0 Å². The van der Waals surface area contributed by atoms with E-state index in [-0.39, 0.29) is 17.2 Å². The van der Waals surface area contributed by atoms with Gasteiger partial charge in [-0.15, -0.1) is 0 Å². The first-order valence-electron chi connectivity index (χ1n) is 43.2. The summed E-state index contributed by atoms with van der Waals surface area (Å²) in [4.78, 5) is 21.3. The first kappa shape index (κ1) is 78.3. The summed E-state index contributed by atoms with van der Waals surface area (Å²) in [7, 11) is 0. The number of benzene rings is 19. The third-order valence-electron chi connectivity index (χ3n) is 24.0. The predicted octanol–water partition coefficient (Wildman–Crippen LogP) is 29.6. The molecule has 130 heavy (non-hydrogen) atoms. The number of imidazole rings is 4. The molecule has 0 atom stereocenters. The van der Waals surface area contributed by atoms with Crippen LogP contribution in [0.5, 0.6) is 40.2 Å². The maximum Gasteiger partial charge on any atom is 0.149 e. The van der Waals surface area contributed by atoms with Crippen LogP contribution in [0.2, 0.25) is 0 Å². The van der Waals surface area contributed by atoms with Gasteiger partial charge in [-0.2, -0.15) is 0 Å². The largest absolute Gasteiger partial charge is 0.507 e. The van der Waals surface area contributed by atoms with Crippen molar-refractivity contribution in [3.05, 3.63) is 454 Å². The van der Waals surface area contributed by atoms with E-state index < -0.39 is 0 Å². The van der Waals surface area contributed by atoms with Crippen molar-refractivity contribution in [3.63, 3.8) is 0 Å². The molecule has 0 unspecified atom stereocenters. The molecule has 0 aliphatic carbocycles. The molecule has 618 valence electrons. The Labute approximate surface area is 749 Å². The molecule has 19 aromatic carbocycles. The average Bonchev–Trinajstić information content (AvgIpc) is 1.53. The number of aromatic hydroxyl groups is 3. The molecule has 0 saturated carbocycles. The number of phenolic OH excluding ortho intramolecular Hbond substituents is 3. The maximum absolute atomic E-state index is 11.6. The summed E-state index contributed by atoms with van der Waals surface area (Å²) in [5, 5.41) is 42.6. The van der Waals surface area contributed by atoms with Crippen LogP contribution in [0, 0.1) is 6.92 Å². The van der Waals surface area contributed by atoms with Gasteiger partial charge in [0.25, 0.3) is 0 Å². The van der Waals surface area contributed by atoms with Gasteiger partial charge in [-0.05, 0) is 184 Å². The van der Waals surface area contributed by atoms with Crippen LogP contribution in [0.1, 0.15) is 5.56 Å². The smallest absolute Gasteiger partial charge is 0.149 e. The second kappa shape index (κ2) is 33.8. The predicted molar refractivity (Wildman–Crippen MR) is 526 cm³/mol. The molecule has 13 heteroatoms. The first-order chi connectivity index (χ1) is 64.1. The molecule has 4 aromatic heterocycles. The summed E-state index contributed by atoms with van der Waals surface area (Å²) >= 11 is 0. The van der Waals surface area contributed by atoms with Crippen molar-refractivity contribution in [3.8, 4) is 176 Å². The van der Waals surface area contributed by atoms with E-state index in [1.54, 1.807) is 12.1 Å². The number of hydrogen-bond acceptors (Lipinski definition) is 9. The monoisotopic (exact) mass is 1680 g/mol. The Bertz CT molecular complexity index is 8140. The lowest BCUT2D eigenvalue weighted by Gasteiger charge is -2.16. The molecule has 13 nitrogen and oxygen atoms in total. The zero-order valence-electron chi connectivity index (χ0n) is 70.5. The number of fused-ring (bicyclic) bond motifs is 8. The van der Waals surface area contributed by atoms with E-state index >= 15 is 0 Å². The van der Waals surface area contributed by atoms with Gasteiger partial charge in [0, 0.05) is 72.5 Å². The lowest BCUT2D eigenvalue weighted by molar-refractivity contribution is 0.476. The van der Waals surface area contributed by atoms with Gasteiger partial charge in [0.15, 0.2) is 0 Å². The van der Waals surface area contributed by atoms with Crippen molar-refractivity contribution in [2.45, 2.75) is 6.92 Å². The highest BCUT2D eigenvalue weighted by atomic mass is 16.5. The molecule has 23 aromatic rings. The second-order valence-corrected chi connectivity index (χ2v) is 32.1. The molecule has 0 bridgehead atoms. The van der Waals surface area contributed by atoms with Crippen LogP contribution in [0.15, 0.2) is 449 Å². The van der Waals surface area contributed by atoms with Gasteiger partial charge < -0.3 is 24.8 Å². The molecular weight excluding hydrogens is 1600 g/mol. The van der Waals surface area contributed by atoms with Crippen molar-refractivity contribution in [1.82, 2.24) is 38.2 Å². The van der Waals surface area contributed by atoms with E-state index in [2.05, 4.69) is 219 Å². The second-order valence-electron chi connectivity index (χ2n) is 32.1. The molecule has 0 saturated heterocycles. The molecule has 0 aliphatic rings. The van der Waals surface area contributed by atoms with Crippen LogP contribution >= 0.6 is 0 Å². The van der Waals surface area contributed by atoms with E-state index in [1.807, 2.05) is 243 Å². The zero-order valence-corrected chi connectivity index (χ0v) is 70.5. The fourth-order valence-corrected chi connectivity index (χ4v) is 17.9. The van der Waals surface area contributed by atoms with Crippen molar-refractivity contribution < 1.29 is 24.8 Å². The molecular formula is C117H80N8O5. The van der Waals surface area contributed by atoms with E-state index in [0.29, 0.717) is 57.2 Å². The summed E-state index contributed by atoms with van der Waals surface area (Å²) in [6, 6.07) is 150. The number of ether oxygens (including phenoxy) is 2. The number of nitrogens with zero attached hydrogens (tertiary/aromatic N) is 8. The van der Waals surface area contributed by atoms with Crippen LogP contribution in [-0.4, -0.2) is 53.5 Å². The third kappa shape index (κ3) is 14.6. The molecule has 23 rings (SSSR count). The van der Waals surface area contributed by atoms with Gasteiger partial charge in [0.2, 0.25) is 0 Å². The summed E-state index contributed by atoms with van der Waals surface area (Å²) in [6.45, 7) is 2.16. The number of aromatic nitrogens is 8. The Balaban J connectivity index is 0.000000153. The minimum Gasteiger partial charge on any atom is -0.507 e. The molecule has 0 radical (unpaired) electrons. The summed E-state index contributed by atoms with van der Waals surface area (Å²) in [5.41, 5.74) is 20.9. The Hall–Kier alpha value is -17.7. The van der Waals surface area contributed by atoms with Crippen LogP contribution in [0.4, 0.5) is 0 Å². The topological polar surface area (TPSA) is 150 Å². The van der Waals surface area contributed by atoms with Gasteiger partial charge in [0.05, 0.1) is 61.9 Å². The van der Waals surface area contributed by atoms with Crippen LogP contribution in [0.25, 0.3) is 190 Å². The molecule has 0 amide bonds. The van der Waals surface area contributed by atoms with Gasteiger partial charge in [-0.3, -0.25) is 18.3 Å². The Morgan fingerprint density at radius 1 is 0.215 bits per heavy atom. The van der Waals surface area contributed by atoms with E-state index in [4.69, 9.17) is 29.4 Å². The highest BCUT2D eigenvalue weighted by molar-refractivity contribution is 6.24.